The lowest BCUT2D eigenvalue weighted by atomic mass is 10.1. The Morgan fingerprint density at radius 2 is 1.71 bits per heavy atom. The monoisotopic (exact) mass is 444 g/mol. The molecule has 0 bridgehead atoms. The van der Waals surface area contributed by atoms with Crippen LogP contribution in [-0.2, 0) is 13.0 Å². The summed E-state index contributed by atoms with van der Waals surface area (Å²) in [5, 5.41) is 2.90. The van der Waals surface area contributed by atoms with Crippen LogP contribution in [-0.4, -0.2) is 19.6 Å². The van der Waals surface area contributed by atoms with E-state index in [1.54, 1.807) is 24.3 Å². The van der Waals surface area contributed by atoms with Gasteiger partial charge in [0.05, 0.1) is 7.11 Å². The number of ether oxygens (including phenoxy) is 2. The SMILES string of the molecule is COc1ccc(C(=O)NCCCc2ccccc2)cc1Oc1ccc(CN)cc1F.Cl. The number of carbonyl (C=O) groups is 1. The number of aryl methyl sites for hydroxylation is 1. The molecule has 0 spiro atoms. The van der Waals surface area contributed by atoms with Crippen molar-refractivity contribution >= 4 is 18.3 Å². The molecular formula is C24H26ClFN2O3. The maximum absolute atomic E-state index is 14.3. The van der Waals surface area contributed by atoms with Crippen LogP contribution in [0.25, 0.3) is 0 Å². The van der Waals surface area contributed by atoms with Gasteiger partial charge < -0.3 is 20.5 Å². The molecule has 3 aromatic carbocycles. The lowest BCUT2D eigenvalue weighted by Crippen LogP contribution is -2.24. The molecule has 0 aromatic heterocycles. The molecule has 3 N–H and O–H groups in total. The van der Waals surface area contributed by atoms with E-state index in [1.807, 2.05) is 18.2 Å². The fourth-order valence-electron chi connectivity index (χ4n) is 3.01. The maximum atomic E-state index is 14.3. The second-order valence-electron chi connectivity index (χ2n) is 6.78. The van der Waals surface area contributed by atoms with Gasteiger partial charge in [-0.05, 0) is 54.3 Å². The smallest absolute Gasteiger partial charge is 0.251 e. The van der Waals surface area contributed by atoms with Crippen LogP contribution in [0, 0.1) is 5.82 Å². The highest BCUT2D eigenvalue weighted by Crippen LogP contribution is 2.33. The van der Waals surface area contributed by atoms with Crippen LogP contribution in [0.3, 0.4) is 0 Å². The van der Waals surface area contributed by atoms with Crippen molar-refractivity contribution in [2.45, 2.75) is 19.4 Å². The standard InChI is InChI=1S/C24H25FN2O3.ClH/c1-29-22-12-10-19(24(28)27-13-5-8-17-6-3-2-4-7-17)15-23(22)30-21-11-9-18(16-26)14-20(21)25;/h2-4,6-7,9-12,14-15H,5,8,13,16,26H2,1H3,(H,27,28);1H. The van der Waals surface area contributed by atoms with Crippen molar-refractivity contribution in [2.75, 3.05) is 13.7 Å². The molecule has 7 heteroatoms. The Bertz CT molecular complexity index is 999. The lowest BCUT2D eigenvalue weighted by molar-refractivity contribution is 0.0953. The van der Waals surface area contributed by atoms with Crippen LogP contribution in [0.2, 0.25) is 0 Å². The van der Waals surface area contributed by atoms with E-state index in [0.717, 1.165) is 12.8 Å². The van der Waals surface area contributed by atoms with Gasteiger partial charge >= 0.3 is 0 Å². The molecule has 0 aliphatic heterocycles. The van der Waals surface area contributed by atoms with E-state index in [4.69, 9.17) is 15.2 Å². The summed E-state index contributed by atoms with van der Waals surface area (Å²) in [6.07, 6.45) is 1.71. The van der Waals surface area contributed by atoms with Crippen molar-refractivity contribution in [3.8, 4) is 17.2 Å². The van der Waals surface area contributed by atoms with Gasteiger partial charge in [-0.2, -0.15) is 0 Å². The average Bonchev–Trinajstić information content (AvgIpc) is 2.78. The molecule has 3 aromatic rings. The highest BCUT2D eigenvalue weighted by atomic mass is 35.5. The van der Waals surface area contributed by atoms with Crippen LogP contribution in [0.5, 0.6) is 17.2 Å². The first-order valence-electron chi connectivity index (χ1n) is 9.77. The van der Waals surface area contributed by atoms with Gasteiger partial charge in [-0.25, -0.2) is 4.39 Å². The first-order valence-corrected chi connectivity index (χ1v) is 9.77. The molecule has 0 radical (unpaired) electrons. The van der Waals surface area contributed by atoms with Crippen molar-refractivity contribution in [2.24, 2.45) is 5.73 Å². The van der Waals surface area contributed by atoms with Gasteiger partial charge in [-0.15, -0.1) is 12.4 Å². The van der Waals surface area contributed by atoms with E-state index in [9.17, 15) is 9.18 Å². The summed E-state index contributed by atoms with van der Waals surface area (Å²) in [4.78, 5) is 12.5. The molecule has 0 aliphatic rings. The summed E-state index contributed by atoms with van der Waals surface area (Å²) in [6.45, 7) is 0.783. The summed E-state index contributed by atoms with van der Waals surface area (Å²) in [5.74, 6) is -0.0667. The molecular weight excluding hydrogens is 419 g/mol. The van der Waals surface area contributed by atoms with Gasteiger partial charge in [0.25, 0.3) is 5.91 Å². The van der Waals surface area contributed by atoms with Gasteiger partial charge in [0, 0.05) is 18.7 Å². The Labute approximate surface area is 187 Å². The molecule has 0 saturated carbocycles. The van der Waals surface area contributed by atoms with Crippen LogP contribution in [0.15, 0.2) is 66.7 Å². The van der Waals surface area contributed by atoms with Crippen LogP contribution in [0.1, 0.15) is 27.9 Å². The van der Waals surface area contributed by atoms with Gasteiger partial charge in [0.1, 0.15) is 0 Å². The van der Waals surface area contributed by atoms with Gasteiger partial charge in [0.2, 0.25) is 0 Å². The third-order valence-electron chi connectivity index (χ3n) is 4.65. The first-order chi connectivity index (χ1) is 14.6. The molecule has 31 heavy (non-hydrogen) atoms. The van der Waals surface area contributed by atoms with E-state index in [0.29, 0.717) is 23.4 Å². The van der Waals surface area contributed by atoms with E-state index in [-0.39, 0.29) is 36.4 Å². The minimum absolute atomic E-state index is 0. The van der Waals surface area contributed by atoms with Crippen LogP contribution in [0.4, 0.5) is 4.39 Å². The van der Waals surface area contributed by atoms with E-state index >= 15 is 0 Å². The largest absolute Gasteiger partial charge is 0.493 e. The number of carbonyl (C=O) groups excluding carboxylic acids is 1. The number of methoxy groups -OCH3 is 1. The molecule has 3 rings (SSSR count). The summed E-state index contributed by atoms with van der Waals surface area (Å²) in [5.41, 5.74) is 7.83. The van der Waals surface area contributed by atoms with E-state index in [1.165, 1.54) is 24.8 Å². The molecule has 1 amide bonds. The summed E-state index contributed by atoms with van der Waals surface area (Å²) in [6, 6.07) is 19.4. The molecule has 0 heterocycles. The molecule has 5 nitrogen and oxygen atoms in total. The normalized spacial score (nSPS) is 10.2. The number of nitrogens with two attached hydrogens (primary N) is 1. The molecule has 0 unspecified atom stereocenters. The lowest BCUT2D eigenvalue weighted by Gasteiger charge is -2.13. The third-order valence-corrected chi connectivity index (χ3v) is 4.65. The van der Waals surface area contributed by atoms with Crippen molar-refractivity contribution in [1.82, 2.24) is 5.32 Å². The van der Waals surface area contributed by atoms with Crippen LogP contribution < -0.4 is 20.5 Å². The zero-order chi connectivity index (χ0) is 21.3. The Balaban J connectivity index is 0.00000341. The van der Waals surface area contributed by atoms with Gasteiger partial charge in [-0.3, -0.25) is 4.79 Å². The average molecular weight is 445 g/mol. The number of benzene rings is 3. The number of hydrogen-bond acceptors (Lipinski definition) is 4. The Morgan fingerprint density at radius 1 is 0.968 bits per heavy atom. The van der Waals surface area contributed by atoms with Crippen molar-refractivity contribution in [3.05, 3.63) is 89.2 Å². The molecule has 164 valence electrons. The fraction of sp³-hybridized carbons (Fsp3) is 0.208. The quantitative estimate of drug-likeness (QED) is 0.462. The summed E-state index contributed by atoms with van der Waals surface area (Å²) < 4.78 is 25.2. The molecule has 0 aliphatic carbocycles. The second-order valence-corrected chi connectivity index (χ2v) is 6.78. The summed E-state index contributed by atoms with van der Waals surface area (Å²) >= 11 is 0. The number of hydrogen-bond donors (Lipinski definition) is 2. The minimum atomic E-state index is -0.532. The number of rotatable bonds is 9. The van der Waals surface area contributed by atoms with Crippen LogP contribution >= 0.6 is 12.4 Å². The number of amides is 1. The Kier molecular flexibility index (Phi) is 9.31. The number of nitrogens with one attached hydrogen (secondary N) is 1. The predicted molar refractivity (Wildman–Crippen MR) is 122 cm³/mol. The van der Waals surface area contributed by atoms with Crippen molar-refractivity contribution in [3.63, 3.8) is 0 Å². The Morgan fingerprint density at radius 3 is 2.39 bits per heavy atom. The Hall–Kier alpha value is -3.09. The number of halogens is 2. The zero-order valence-corrected chi connectivity index (χ0v) is 18.1. The molecule has 0 saturated heterocycles. The second kappa shape index (κ2) is 11.9. The predicted octanol–water partition coefficient (Wildman–Crippen LogP) is 4.87. The molecule has 0 fully saturated rings. The van der Waals surface area contributed by atoms with Crippen molar-refractivity contribution < 1.29 is 18.7 Å². The fourth-order valence-corrected chi connectivity index (χ4v) is 3.01. The zero-order valence-electron chi connectivity index (χ0n) is 17.3. The van der Waals surface area contributed by atoms with E-state index < -0.39 is 5.82 Å². The summed E-state index contributed by atoms with van der Waals surface area (Å²) in [7, 11) is 1.49. The van der Waals surface area contributed by atoms with Gasteiger partial charge in [0.15, 0.2) is 23.1 Å². The van der Waals surface area contributed by atoms with Crippen molar-refractivity contribution in [1.29, 1.82) is 0 Å². The van der Waals surface area contributed by atoms with E-state index in [2.05, 4.69) is 17.4 Å². The minimum Gasteiger partial charge on any atom is -0.493 e. The highest BCUT2D eigenvalue weighted by Gasteiger charge is 2.14. The van der Waals surface area contributed by atoms with Gasteiger partial charge in [-0.1, -0.05) is 36.4 Å². The highest BCUT2D eigenvalue weighted by molar-refractivity contribution is 5.94. The topological polar surface area (TPSA) is 73.6 Å². The first kappa shape index (κ1) is 24.2. The molecule has 0 atom stereocenters. The third kappa shape index (κ3) is 6.70. The maximum Gasteiger partial charge on any atom is 0.251 e.